The van der Waals surface area contributed by atoms with Crippen LogP contribution in [0.4, 0.5) is 0 Å². The third-order valence-electron chi connectivity index (χ3n) is 2.55. The van der Waals surface area contributed by atoms with Crippen LogP contribution in [0.15, 0.2) is 26.8 Å². The summed E-state index contributed by atoms with van der Waals surface area (Å²) in [5.74, 6) is -0.563. The Morgan fingerprint density at radius 2 is 1.68 bits per heavy atom. The van der Waals surface area contributed by atoms with Gasteiger partial charge in [-0.3, -0.25) is 8.74 Å². The molecule has 1 rings (SSSR count). The fourth-order valence-corrected chi connectivity index (χ4v) is 4.87. The largest absolute Gasteiger partial charge is 0.294 e. The number of aryl methyl sites for hydroxylation is 1. The highest BCUT2D eigenvalue weighted by molar-refractivity contribution is 7.96. The van der Waals surface area contributed by atoms with E-state index in [1.807, 2.05) is 0 Å². The van der Waals surface area contributed by atoms with Gasteiger partial charge in [-0.2, -0.15) is 8.42 Å². The zero-order valence-electron chi connectivity index (χ0n) is 12.2. The van der Waals surface area contributed by atoms with Crippen molar-refractivity contribution < 1.29 is 54.8 Å². The predicted octanol–water partition coefficient (Wildman–Crippen LogP) is 1.44. The molecule has 0 fully saturated rings. The Labute approximate surface area is 151 Å². The van der Waals surface area contributed by atoms with Crippen molar-refractivity contribution in [1.29, 1.82) is 0 Å². The second kappa shape index (κ2) is 10.00. The van der Waals surface area contributed by atoms with Crippen LogP contribution < -0.4 is 0 Å². The summed E-state index contributed by atoms with van der Waals surface area (Å²) in [6.45, 7) is 0.898. The van der Waals surface area contributed by atoms with Gasteiger partial charge in [0, 0.05) is 0 Å². The van der Waals surface area contributed by atoms with Gasteiger partial charge >= 0.3 is 0 Å². The molecule has 0 bridgehead atoms. The van der Waals surface area contributed by atoms with E-state index in [0.717, 1.165) is 12.1 Å². The van der Waals surface area contributed by atoms with Gasteiger partial charge in [-0.25, -0.2) is 18.9 Å². The number of hydrogen-bond acceptors (Lipinski definition) is 13. The second-order valence-corrected chi connectivity index (χ2v) is 8.83. The zero-order valence-corrected chi connectivity index (χ0v) is 15.5. The summed E-state index contributed by atoms with van der Waals surface area (Å²) >= 11 is 0.394. The lowest BCUT2D eigenvalue weighted by atomic mass is 10.2. The van der Waals surface area contributed by atoms with Crippen LogP contribution in [-0.4, -0.2) is 44.3 Å². The molecule has 0 saturated heterocycles. The molecule has 0 spiro atoms. The standard InChI is InChI=1S/C9H12O12S4/c1-6-4-9(24(12,13)3-2-17-23-21-19-11)7(22-20-18-10)5-8(6)25(14,15)16/h4-5,10-11H,2-3H2,1H3,(H,14,15,16). The van der Waals surface area contributed by atoms with Crippen LogP contribution in [0.2, 0.25) is 0 Å². The van der Waals surface area contributed by atoms with Gasteiger partial charge in [0.05, 0.1) is 39.1 Å². The van der Waals surface area contributed by atoms with Crippen molar-refractivity contribution in [1.82, 2.24) is 0 Å². The monoisotopic (exact) mass is 440 g/mol. The van der Waals surface area contributed by atoms with Crippen molar-refractivity contribution in [2.75, 3.05) is 12.4 Å². The molecule has 0 unspecified atom stereocenters. The molecule has 16 heteroatoms. The molecule has 144 valence electrons. The Kier molecular flexibility index (Phi) is 9.01. The third-order valence-corrected chi connectivity index (χ3v) is 6.41. The molecule has 12 nitrogen and oxygen atoms in total. The SMILES string of the molecule is Cc1cc(S(=O)(=O)CCOSOOO)c(SOOO)cc1S(=O)(=O)O. The van der Waals surface area contributed by atoms with E-state index in [1.165, 1.54) is 6.92 Å². The zero-order chi connectivity index (χ0) is 19.1. The first-order valence-corrected chi connectivity index (χ1v) is 10.4. The van der Waals surface area contributed by atoms with E-state index in [9.17, 15) is 16.8 Å². The minimum atomic E-state index is -4.62. The van der Waals surface area contributed by atoms with Crippen LogP contribution in [0.1, 0.15) is 5.56 Å². The highest BCUT2D eigenvalue weighted by Crippen LogP contribution is 2.33. The van der Waals surface area contributed by atoms with E-state index in [2.05, 4.69) is 22.9 Å². The van der Waals surface area contributed by atoms with Crippen LogP contribution in [0.25, 0.3) is 0 Å². The molecule has 0 heterocycles. The summed E-state index contributed by atoms with van der Waals surface area (Å²) < 4.78 is 69.2. The quantitative estimate of drug-likeness (QED) is 0.148. The number of hydrogen-bond donors (Lipinski definition) is 3. The Balaban J connectivity index is 3.16. The first-order valence-electron chi connectivity index (χ1n) is 5.89. The molecule has 0 aliphatic rings. The third kappa shape index (κ3) is 6.96. The van der Waals surface area contributed by atoms with E-state index in [1.54, 1.807) is 0 Å². The van der Waals surface area contributed by atoms with Gasteiger partial charge in [-0.15, -0.1) is 8.67 Å². The summed E-state index contributed by atoms with van der Waals surface area (Å²) in [5.41, 5.74) is -0.0392. The van der Waals surface area contributed by atoms with E-state index in [0.29, 0.717) is 0 Å². The normalized spacial score (nSPS) is 12.5. The molecule has 0 saturated carbocycles. The lowest BCUT2D eigenvalue weighted by Gasteiger charge is -2.12. The summed E-state index contributed by atoms with van der Waals surface area (Å²) in [5, 5.41) is 22.7. The Hall–Kier alpha value is -0.500. The second-order valence-electron chi connectivity index (χ2n) is 4.12. The lowest BCUT2D eigenvalue weighted by molar-refractivity contribution is -0.434. The van der Waals surface area contributed by atoms with Gasteiger partial charge in [0.15, 0.2) is 22.2 Å². The lowest BCUT2D eigenvalue weighted by Crippen LogP contribution is -2.13. The molecule has 0 radical (unpaired) electrons. The van der Waals surface area contributed by atoms with Crippen molar-refractivity contribution in [3.05, 3.63) is 17.7 Å². The number of benzene rings is 1. The van der Waals surface area contributed by atoms with Crippen LogP contribution in [0.5, 0.6) is 0 Å². The average molecular weight is 440 g/mol. The number of sulfone groups is 1. The Morgan fingerprint density at radius 3 is 2.24 bits per heavy atom. The van der Waals surface area contributed by atoms with Gasteiger partial charge < -0.3 is 0 Å². The van der Waals surface area contributed by atoms with E-state index >= 15 is 0 Å². The topological polar surface area (TPSA) is 175 Å². The highest BCUT2D eigenvalue weighted by atomic mass is 32.2. The fraction of sp³-hybridized carbons (Fsp3) is 0.333. The van der Waals surface area contributed by atoms with Crippen LogP contribution in [-0.2, 0) is 42.9 Å². The van der Waals surface area contributed by atoms with Gasteiger partial charge in [-0.1, -0.05) is 10.1 Å². The van der Waals surface area contributed by atoms with Gasteiger partial charge in [-0.05, 0) is 24.6 Å². The first-order chi connectivity index (χ1) is 11.6. The molecule has 0 aliphatic carbocycles. The molecular formula is C9H12O12S4. The maximum Gasteiger partial charge on any atom is 0.294 e. The minimum absolute atomic E-state index is 0.0392. The molecule has 25 heavy (non-hydrogen) atoms. The van der Waals surface area contributed by atoms with Crippen molar-refractivity contribution >= 4 is 44.3 Å². The van der Waals surface area contributed by atoms with Crippen molar-refractivity contribution in [3.8, 4) is 0 Å². The summed E-state index contributed by atoms with van der Waals surface area (Å²) in [7, 11) is -8.62. The molecular weight excluding hydrogens is 428 g/mol. The van der Waals surface area contributed by atoms with Gasteiger partial charge in [0.1, 0.15) is 0 Å². The predicted molar refractivity (Wildman–Crippen MR) is 82.0 cm³/mol. The molecule has 1 aromatic rings. The van der Waals surface area contributed by atoms with Crippen LogP contribution >= 0.6 is 24.4 Å². The van der Waals surface area contributed by atoms with E-state index in [4.69, 9.17) is 15.1 Å². The highest BCUT2D eigenvalue weighted by Gasteiger charge is 2.25. The maximum atomic E-state index is 12.4. The summed E-state index contributed by atoms with van der Waals surface area (Å²) in [6.07, 6.45) is 0. The average Bonchev–Trinajstić information content (AvgIpc) is 2.52. The van der Waals surface area contributed by atoms with Crippen molar-refractivity contribution in [2.45, 2.75) is 21.6 Å². The molecule has 0 aliphatic heterocycles. The summed E-state index contributed by atoms with van der Waals surface area (Å²) in [6, 6.07) is 1.85. The molecule has 3 N–H and O–H groups in total. The van der Waals surface area contributed by atoms with Gasteiger partial charge in [0.2, 0.25) is 0 Å². The van der Waals surface area contributed by atoms with E-state index < -0.39 is 30.6 Å². The number of rotatable bonds is 11. The molecule has 0 amide bonds. The Bertz CT molecular complexity index is 774. The van der Waals surface area contributed by atoms with Crippen molar-refractivity contribution in [3.63, 3.8) is 0 Å². The smallest absolute Gasteiger partial charge is 0.288 e. The molecule has 1 aromatic carbocycles. The molecule has 0 aromatic heterocycles. The molecule has 0 atom stereocenters. The minimum Gasteiger partial charge on any atom is -0.288 e. The van der Waals surface area contributed by atoms with Gasteiger partial charge in [0.25, 0.3) is 10.1 Å². The van der Waals surface area contributed by atoms with E-state index in [-0.39, 0.29) is 46.3 Å². The fourth-order valence-electron chi connectivity index (χ4n) is 1.60. The first kappa shape index (κ1) is 22.5. The Morgan fingerprint density at radius 1 is 1.04 bits per heavy atom. The van der Waals surface area contributed by atoms with Crippen LogP contribution in [0, 0.1) is 6.92 Å². The summed E-state index contributed by atoms with van der Waals surface area (Å²) in [4.78, 5) is -1.17. The van der Waals surface area contributed by atoms with Crippen LogP contribution in [0.3, 0.4) is 0 Å². The van der Waals surface area contributed by atoms with Crippen molar-refractivity contribution in [2.24, 2.45) is 0 Å². The maximum absolute atomic E-state index is 12.4.